The minimum Gasteiger partial charge on any atom is -0.346 e. The molecule has 0 fully saturated rings. The molecule has 0 aromatic heterocycles. The summed E-state index contributed by atoms with van der Waals surface area (Å²) in [5.41, 5.74) is -0.686. The molecular formula is C13H25NO2. The number of amides is 1. The molecule has 0 heterocycles. The molecule has 0 aliphatic carbocycles. The molecule has 1 atom stereocenters. The van der Waals surface area contributed by atoms with Crippen molar-refractivity contribution in [2.24, 2.45) is 10.8 Å². The number of ketones is 1. The first-order chi connectivity index (χ1) is 7.00. The Bertz CT molecular complexity index is 269. The van der Waals surface area contributed by atoms with E-state index in [9.17, 15) is 9.59 Å². The molecule has 0 saturated carbocycles. The second kappa shape index (κ2) is 4.98. The van der Waals surface area contributed by atoms with Gasteiger partial charge in [-0.1, -0.05) is 48.5 Å². The van der Waals surface area contributed by atoms with Crippen LogP contribution in [0.25, 0.3) is 0 Å². The second-order valence-electron chi connectivity index (χ2n) is 6.33. The lowest BCUT2D eigenvalue weighted by molar-refractivity contribution is -0.135. The molecule has 0 spiro atoms. The van der Waals surface area contributed by atoms with Crippen molar-refractivity contribution in [3.8, 4) is 0 Å². The van der Waals surface area contributed by atoms with Gasteiger partial charge in [0, 0.05) is 11.8 Å². The van der Waals surface area contributed by atoms with E-state index in [1.165, 1.54) is 0 Å². The summed E-state index contributed by atoms with van der Waals surface area (Å²) in [6, 6.07) is -0.417. The summed E-state index contributed by atoms with van der Waals surface area (Å²) >= 11 is 0. The van der Waals surface area contributed by atoms with Crippen LogP contribution in [0, 0.1) is 10.8 Å². The highest BCUT2D eigenvalue weighted by atomic mass is 16.2. The number of carbonyl (C=O) groups excluding carboxylic acids is 2. The van der Waals surface area contributed by atoms with Crippen LogP contribution in [0.15, 0.2) is 0 Å². The van der Waals surface area contributed by atoms with Crippen LogP contribution in [-0.4, -0.2) is 17.7 Å². The second-order valence-corrected chi connectivity index (χ2v) is 6.33. The Labute approximate surface area is 99.0 Å². The quantitative estimate of drug-likeness (QED) is 0.805. The highest BCUT2D eigenvalue weighted by Crippen LogP contribution is 2.27. The maximum atomic E-state index is 12.2. The molecule has 3 heteroatoms. The fourth-order valence-electron chi connectivity index (χ4n) is 1.37. The Morgan fingerprint density at radius 1 is 1.06 bits per heavy atom. The van der Waals surface area contributed by atoms with E-state index in [-0.39, 0.29) is 17.1 Å². The largest absolute Gasteiger partial charge is 0.346 e. The third-order valence-electron chi connectivity index (χ3n) is 2.49. The third kappa shape index (κ3) is 4.33. The summed E-state index contributed by atoms with van der Waals surface area (Å²) in [6.07, 6.45) is 0.407. The molecular weight excluding hydrogens is 202 g/mol. The smallest absolute Gasteiger partial charge is 0.220 e. The fraction of sp³-hybridized carbons (Fsp3) is 0.846. The van der Waals surface area contributed by atoms with Crippen molar-refractivity contribution in [2.75, 3.05) is 0 Å². The third-order valence-corrected chi connectivity index (χ3v) is 2.49. The number of hydrogen-bond acceptors (Lipinski definition) is 2. The summed E-state index contributed by atoms with van der Waals surface area (Å²) in [7, 11) is 0. The summed E-state index contributed by atoms with van der Waals surface area (Å²) in [4.78, 5) is 23.7. The van der Waals surface area contributed by atoms with Gasteiger partial charge >= 0.3 is 0 Å². The van der Waals surface area contributed by atoms with Crippen LogP contribution in [0.4, 0.5) is 0 Å². The van der Waals surface area contributed by atoms with Crippen molar-refractivity contribution in [2.45, 2.75) is 60.9 Å². The topological polar surface area (TPSA) is 46.2 Å². The fourth-order valence-corrected chi connectivity index (χ4v) is 1.37. The maximum Gasteiger partial charge on any atom is 0.220 e. The van der Waals surface area contributed by atoms with Crippen molar-refractivity contribution in [1.82, 2.24) is 5.32 Å². The van der Waals surface area contributed by atoms with Crippen LogP contribution >= 0.6 is 0 Å². The number of Topliss-reactive ketones (excluding diaryl/α,β-unsaturated/α-hetero) is 1. The average Bonchev–Trinajstić information content (AvgIpc) is 2.09. The summed E-state index contributed by atoms with van der Waals surface area (Å²) in [5.74, 6) is 0.0133. The lowest BCUT2D eigenvalue weighted by Crippen LogP contribution is -2.52. The van der Waals surface area contributed by atoms with Crippen LogP contribution in [-0.2, 0) is 9.59 Å². The molecule has 1 amide bonds. The maximum absolute atomic E-state index is 12.2. The van der Waals surface area contributed by atoms with Gasteiger partial charge in [0.2, 0.25) is 5.91 Å². The minimum atomic E-state index is -0.432. The SMILES string of the molecule is CCC(=O)NC(C(=O)C(C)(C)C)C(C)(C)C. The van der Waals surface area contributed by atoms with E-state index < -0.39 is 11.5 Å². The Kier molecular flexibility index (Phi) is 4.71. The van der Waals surface area contributed by atoms with Gasteiger partial charge in [-0.2, -0.15) is 0 Å². The lowest BCUT2D eigenvalue weighted by Gasteiger charge is -2.34. The van der Waals surface area contributed by atoms with E-state index in [0.29, 0.717) is 6.42 Å². The Balaban J connectivity index is 4.98. The molecule has 0 aromatic rings. The van der Waals surface area contributed by atoms with Gasteiger partial charge in [0.25, 0.3) is 0 Å². The van der Waals surface area contributed by atoms with E-state index in [1.807, 2.05) is 41.5 Å². The first-order valence-corrected chi connectivity index (χ1v) is 5.83. The van der Waals surface area contributed by atoms with Crippen molar-refractivity contribution >= 4 is 11.7 Å². The van der Waals surface area contributed by atoms with Crippen molar-refractivity contribution < 1.29 is 9.59 Å². The predicted molar refractivity (Wildman–Crippen MR) is 66.1 cm³/mol. The van der Waals surface area contributed by atoms with E-state index in [2.05, 4.69) is 5.32 Å². The van der Waals surface area contributed by atoms with Crippen LogP contribution in [0.5, 0.6) is 0 Å². The zero-order valence-electron chi connectivity index (χ0n) is 11.6. The molecule has 0 rings (SSSR count). The number of hydrogen-bond donors (Lipinski definition) is 1. The van der Waals surface area contributed by atoms with Crippen LogP contribution in [0.3, 0.4) is 0 Å². The molecule has 16 heavy (non-hydrogen) atoms. The number of nitrogens with one attached hydrogen (secondary N) is 1. The Morgan fingerprint density at radius 3 is 1.75 bits per heavy atom. The van der Waals surface area contributed by atoms with E-state index in [4.69, 9.17) is 0 Å². The van der Waals surface area contributed by atoms with Gasteiger partial charge in [-0.05, 0) is 5.41 Å². The summed E-state index contributed by atoms with van der Waals surface area (Å²) in [5, 5.41) is 2.82. The molecule has 94 valence electrons. The van der Waals surface area contributed by atoms with E-state index in [1.54, 1.807) is 6.92 Å². The van der Waals surface area contributed by atoms with Gasteiger partial charge in [0.15, 0.2) is 5.78 Å². The van der Waals surface area contributed by atoms with E-state index >= 15 is 0 Å². The van der Waals surface area contributed by atoms with E-state index in [0.717, 1.165) is 0 Å². The number of carbonyl (C=O) groups is 2. The summed E-state index contributed by atoms with van der Waals surface area (Å²) in [6.45, 7) is 13.3. The molecule has 0 aliphatic heterocycles. The zero-order chi connectivity index (χ0) is 13.1. The first kappa shape index (κ1) is 15.1. The summed E-state index contributed by atoms with van der Waals surface area (Å²) < 4.78 is 0. The Morgan fingerprint density at radius 2 is 1.50 bits per heavy atom. The van der Waals surface area contributed by atoms with Gasteiger partial charge in [-0.15, -0.1) is 0 Å². The van der Waals surface area contributed by atoms with Gasteiger partial charge in [0.1, 0.15) is 0 Å². The Hall–Kier alpha value is -0.860. The molecule has 0 saturated heterocycles. The standard InChI is InChI=1S/C13H25NO2/c1-8-9(15)14-10(12(2,3)4)11(16)13(5,6)7/h10H,8H2,1-7H3,(H,14,15). The van der Waals surface area contributed by atoms with Gasteiger partial charge in [-0.3, -0.25) is 9.59 Å². The van der Waals surface area contributed by atoms with Crippen molar-refractivity contribution in [3.05, 3.63) is 0 Å². The van der Waals surface area contributed by atoms with Gasteiger partial charge < -0.3 is 5.32 Å². The molecule has 0 aromatic carbocycles. The number of rotatable bonds is 3. The van der Waals surface area contributed by atoms with Crippen molar-refractivity contribution in [3.63, 3.8) is 0 Å². The highest BCUT2D eigenvalue weighted by molar-refractivity contribution is 5.92. The molecule has 0 aliphatic rings. The molecule has 0 radical (unpaired) electrons. The van der Waals surface area contributed by atoms with Crippen LogP contribution < -0.4 is 5.32 Å². The van der Waals surface area contributed by atoms with Gasteiger partial charge in [-0.25, -0.2) is 0 Å². The van der Waals surface area contributed by atoms with Crippen molar-refractivity contribution in [1.29, 1.82) is 0 Å². The van der Waals surface area contributed by atoms with Gasteiger partial charge in [0.05, 0.1) is 6.04 Å². The minimum absolute atomic E-state index is 0.0717. The zero-order valence-corrected chi connectivity index (χ0v) is 11.6. The first-order valence-electron chi connectivity index (χ1n) is 5.83. The normalized spacial score (nSPS) is 14.4. The van der Waals surface area contributed by atoms with Crippen LogP contribution in [0.1, 0.15) is 54.9 Å². The molecule has 1 unspecified atom stereocenters. The molecule has 3 nitrogen and oxygen atoms in total. The lowest BCUT2D eigenvalue weighted by atomic mass is 9.75. The molecule has 0 bridgehead atoms. The molecule has 1 N–H and O–H groups in total. The highest BCUT2D eigenvalue weighted by Gasteiger charge is 2.37. The monoisotopic (exact) mass is 227 g/mol. The average molecular weight is 227 g/mol. The predicted octanol–water partition coefficient (Wildman–Crippen LogP) is 2.54. The van der Waals surface area contributed by atoms with Crippen LogP contribution in [0.2, 0.25) is 0 Å².